The Bertz CT molecular complexity index is 1300. The lowest BCUT2D eigenvalue weighted by Crippen LogP contribution is -2.23. The molecule has 1 fully saturated rings. The van der Waals surface area contributed by atoms with E-state index in [0.29, 0.717) is 16.7 Å². The van der Waals surface area contributed by atoms with Gasteiger partial charge >= 0.3 is 0 Å². The van der Waals surface area contributed by atoms with Crippen molar-refractivity contribution in [1.29, 1.82) is 0 Å². The third kappa shape index (κ3) is 6.26. The van der Waals surface area contributed by atoms with Gasteiger partial charge in [-0.3, -0.25) is 0 Å². The van der Waals surface area contributed by atoms with Crippen molar-refractivity contribution in [2.75, 3.05) is 0 Å². The van der Waals surface area contributed by atoms with Gasteiger partial charge in [0.05, 0.1) is 0 Å². The van der Waals surface area contributed by atoms with Crippen molar-refractivity contribution < 1.29 is 18.3 Å². The summed E-state index contributed by atoms with van der Waals surface area (Å²) >= 11 is 0. The van der Waals surface area contributed by atoms with Gasteiger partial charge in [0.2, 0.25) is 5.82 Å². The fourth-order valence-electron chi connectivity index (χ4n) is 6.72. The second-order valence-electron chi connectivity index (χ2n) is 11.6. The van der Waals surface area contributed by atoms with Crippen LogP contribution in [-0.4, -0.2) is 5.11 Å². The Morgan fingerprint density at radius 3 is 2.03 bits per heavy atom. The minimum Gasteiger partial charge on any atom is -0.505 e. The molecule has 0 heterocycles. The van der Waals surface area contributed by atoms with Crippen LogP contribution in [0.5, 0.6) is 5.75 Å². The van der Waals surface area contributed by atoms with E-state index in [2.05, 4.69) is 13.0 Å². The van der Waals surface area contributed by atoms with Crippen molar-refractivity contribution >= 4 is 5.57 Å². The lowest BCUT2D eigenvalue weighted by molar-refractivity contribution is 0.187. The molecule has 0 saturated heterocycles. The number of allylic oxidation sites excluding steroid dienone is 2. The highest BCUT2D eigenvalue weighted by Gasteiger charge is 2.28. The molecule has 206 valence electrons. The van der Waals surface area contributed by atoms with Crippen LogP contribution in [0.2, 0.25) is 0 Å². The zero-order valence-corrected chi connectivity index (χ0v) is 22.9. The van der Waals surface area contributed by atoms with E-state index in [1.54, 1.807) is 30.3 Å². The van der Waals surface area contributed by atoms with Crippen molar-refractivity contribution in [3.8, 4) is 28.0 Å². The highest BCUT2D eigenvalue weighted by molar-refractivity contribution is 5.74. The van der Waals surface area contributed by atoms with Crippen LogP contribution in [0.4, 0.5) is 13.2 Å². The highest BCUT2D eigenvalue weighted by atomic mass is 19.2. The number of aromatic hydroxyl groups is 1. The minimum absolute atomic E-state index is 0.0511. The summed E-state index contributed by atoms with van der Waals surface area (Å²) in [4.78, 5) is 0. The van der Waals surface area contributed by atoms with Gasteiger partial charge in [0.1, 0.15) is 5.82 Å². The molecule has 2 aliphatic carbocycles. The van der Waals surface area contributed by atoms with E-state index in [1.165, 1.54) is 69.4 Å². The summed E-state index contributed by atoms with van der Waals surface area (Å²) in [7, 11) is 0. The summed E-state index contributed by atoms with van der Waals surface area (Å²) in [6, 6.07) is 14.6. The first-order chi connectivity index (χ1) is 18.9. The number of halogens is 3. The van der Waals surface area contributed by atoms with E-state index in [-0.39, 0.29) is 11.4 Å². The molecule has 2 aliphatic rings. The van der Waals surface area contributed by atoms with Gasteiger partial charge in [-0.15, -0.1) is 0 Å². The van der Waals surface area contributed by atoms with Gasteiger partial charge in [-0.05, 0) is 90.3 Å². The summed E-state index contributed by atoms with van der Waals surface area (Å²) in [5, 5.41) is 9.36. The summed E-state index contributed by atoms with van der Waals surface area (Å²) in [6.45, 7) is 2.28. The van der Waals surface area contributed by atoms with Crippen LogP contribution in [-0.2, 0) is 0 Å². The molecule has 0 amide bonds. The second-order valence-corrected chi connectivity index (χ2v) is 11.6. The minimum atomic E-state index is -1.27. The standard InChI is InChI=1S/C35H39F3O/c1-2-3-4-5-23-6-8-24(9-7-23)25-10-12-26(13-11-25)29-18-19-30(32(36)22-29)27-14-16-28(17-15-27)31-20-21-33(39)35(38)34(31)37/h12,14-25,39H,2-11,13H2,1H3. The van der Waals surface area contributed by atoms with E-state index in [1.807, 2.05) is 12.1 Å². The molecule has 0 spiro atoms. The summed E-state index contributed by atoms with van der Waals surface area (Å²) in [5.41, 5.74) is 3.85. The monoisotopic (exact) mass is 532 g/mol. The lowest BCUT2D eigenvalue weighted by atomic mass is 9.70. The van der Waals surface area contributed by atoms with E-state index >= 15 is 4.39 Å². The second kappa shape index (κ2) is 12.4. The first-order valence-corrected chi connectivity index (χ1v) is 14.7. The molecule has 1 nitrogen and oxygen atoms in total. The van der Waals surface area contributed by atoms with Crippen molar-refractivity contribution in [2.45, 2.75) is 77.6 Å². The lowest BCUT2D eigenvalue weighted by Gasteiger charge is -2.35. The molecule has 39 heavy (non-hydrogen) atoms. The van der Waals surface area contributed by atoms with Gasteiger partial charge in [0.25, 0.3) is 0 Å². The number of phenols is 1. The molecule has 4 heteroatoms. The van der Waals surface area contributed by atoms with E-state index in [4.69, 9.17) is 0 Å². The third-order valence-electron chi connectivity index (χ3n) is 9.13. The van der Waals surface area contributed by atoms with Gasteiger partial charge in [-0.2, -0.15) is 4.39 Å². The molecular formula is C35H39F3O. The number of phenolic OH excluding ortho intramolecular Hbond substituents is 1. The Morgan fingerprint density at radius 1 is 0.718 bits per heavy atom. The molecule has 1 atom stereocenters. The van der Waals surface area contributed by atoms with Crippen molar-refractivity contribution in [1.82, 2.24) is 0 Å². The fraction of sp³-hybridized carbons (Fsp3) is 0.429. The smallest absolute Gasteiger partial charge is 0.200 e. The van der Waals surface area contributed by atoms with Crippen molar-refractivity contribution in [2.24, 2.45) is 17.8 Å². The molecule has 0 aromatic heterocycles. The van der Waals surface area contributed by atoms with Crippen LogP contribution >= 0.6 is 0 Å². The maximum atomic E-state index is 15.2. The Morgan fingerprint density at radius 2 is 1.38 bits per heavy atom. The molecule has 3 aromatic carbocycles. The molecule has 5 rings (SSSR count). The third-order valence-corrected chi connectivity index (χ3v) is 9.13. The topological polar surface area (TPSA) is 20.2 Å². The summed E-state index contributed by atoms with van der Waals surface area (Å²) < 4.78 is 43.2. The number of benzene rings is 3. The molecule has 1 saturated carbocycles. The molecule has 3 aromatic rings. The zero-order chi connectivity index (χ0) is 27.4. The van der Waals surface area contributed by atoms with Crippen LogP contribution in [0, 0.1) is 35.2 Å². The largest absolute Gasteiger partial charge is 0.505 e. The van der Waals surface area contributed by atoms with Crippen molar-refractivity contribution in [3.63, 3.8) is 0 Å². The SMILES string of the molecule is CCCCCC1CCC(C2CC=C(c3ccc(-c4ccc(-c5ccc(O)c(F)c5F)cc4)c(F)c3)CC2)CC1. The number of hydrogen-bond acceptors (Lipinski definition) is 1. The first kappa shape index (κ1) is 27.6. The quantitative estimate of drug-likeness (QED) is 0.286. The van der Waals surface area contributed by atoms with Gasteiger partial charge in [-0.1, -0.05) is 87.9 Å². The molecule has 1 unspecified atom stereocenters. The number of unbranched alkanes of at least 4 members (excludes halogenated alkanes) is 2. The van der Waals surface area contributed by atoms with Gasteiger partial charge < -0.3 is 5.11 Å². The first-order valence-electron chi connectivity index (χ1n) is 14.7. The van der Waals surface area contributed by atoms with Crippen LogP contribution < -0.4 is 0 Å². The van der Waals surface area contributed by atoms with E-state index < -0.39 is 17.4 Å². The van der Waals surface area contributed by atoms with Gasteiger partial charge in [0, 0.05) is 11.1 Å². The van der Waals surface area contributed by atoms with E-state index in [9.17, 15) is 13.9 Å². The van der Waals surface area contributed by atoms with Gasteiger partial charge in [0.15, 0.2) is 11.6 Å². The van der Waals surface area contributed by atoms with Gasteiger partial charge in [-0.25, -0.2) is 8.78 Å². The Labute approximate surface area is 230 Å². The Hall–Kier alpha value is -3.01. The maximum Gasteiger partial charge on any atom is 0.200 e. The molecule has 1 N–H and O–H groups in total. The number of hydrogen-bond donors (Lipinski definition) is 1. The normalized spacial score (nSPS) is 21.5. The summed E-state index contributed by atoms with van der Waals surface area (Å²) in [6.07, 6.45) is 16.7. The number of rotatable bonds is 8. The predicted octanol–water partition coefficient (Wildman–Crippen LogP) is 10.7. The average Bonchev–Trinajstić information content (AvgIpc) is 2.97. The van der Waals surface area contributed by atoms with Crippen LogP contribution in [0.15, 0.2) is 60.7 Å². The molecule has 0 bridgehead atoms. The summed E-state index contributed by atoms with van der Waals surface area (Å²) in [5.74, 6) is -0.829. The van der Waals surface area contributed by atoms with Crippen LogP contribution in [0.25, 0.3) is 27.8 Å². The van der Waals surface area contributed by atoms with Crippen molar-refractivity contribution in [3.05, 3.63) is 83.7 Å². The maximum absolute atomic E-state index is 15.2. The fourth-order valence-corrected chi connectivity index (χ4v) is 6.72. The Kier molecular flexibility index (Phi) is 8.79. The molecule has 0 aliphatic heterocycles. The zero-order valence-electron chi connectivity index (χ0n) is 22.9. The molecule has 0 radical (unpaired) electrons. The highest BCUT2D eigenvalue weighted by Crippen LogP contribution is 2.42. The van der Waals surface area contributed by atoms with E-state index in [0.717, 1.165) is 42.2 Å². The van der Waals surface area contributed by atoms with Crippen LogP contribution in [0.1, 0.15) is 83.1 Å². The Balaban J connectivity index is 1.21. The average molecular weight is 533 g/mol. The molecular weight excluding hydrogens is 493 g/mol. The van der Waals surface area contributed by atoms with Crippen LogP contribution in [0.3, 0.4) is 0 Å². The predicted molar refractivity (Wildman–Crippen MR) is 154 cm³/mol.